The lowest BCUT2D eigenvalue weighted by Crippen LogP contribution is -2.05. The fourth-order valence-corrected chi connectivity index (χ4v) is 5.02. The van der Waals surface area contributed by atoms with Gasteiger partial charge in [0.2, 0.25) is 0 Å². The van der Waals surface area contributed by atoms with Gasteiger partial charge in [0, 0.05) is 12.8 Å². The van der Waals surface area contributed by atoms with Gasteiger partial charge in [-0.3, -0.25) is 9.59 Å². The zero-order valence-electron chi connectivity index (χ0n) is 26.3. The van der Waals surface area contributed by atoms with Gasteiger partial charge >= 0.3 is 11.9 Å². The second-order valence-electron chi connectivity index (χ2n) is 11.5. The van der Waals surface area contributed by atoms with E-state index in [1.165, 1.54) is 148 Å². The summed E-state index contributed by atoms with van der Waals surface area (Å²) in [5.74, 6) is -0.0857. The Morgan fingerprint density at radius 1 is 0.462 bits per heavy atom. The number of ether oxygens (including phenoxy) is 2. The summed E-state index contributed by atoms with van der Waals surface area (Å²) in [5.41, 5.74) is 0. The van der Waals surface area contributed by atoms with Crippen LogP contribution in [0.25, 0.3) is 0 Å². The molecule has 0 rings (SSSR count). The molecule has 0 bridgehead atoms. The fraction of sp³-hybridized carbons (Fsp3) is 0.886. The number of esters is 2. The SMILES string of the molecule is CCCCCCCCCCCCCCCC(=O)OCCCCCCCC/C=C/CCCCCCCC(=O)OC. The number of hydrogen-bond donors (Lipinski definition) is 0. The largest absolute Gasteiger partial charge is 0.469 e. The molecule has 0 aromatic rings. The van der Waals surface area contributed by atoms with Crippen LogP contribution in [0.1, 0.15) is 187 Å². The van der Waals surface area contributed by atoms with Crippen LogP contribution in [0.5, 0.6) is 0 Å². The second kappa shape index (κ2) is 32.9. The number of unbranched alkanes of at least 4 members (excludes halogenated alkanes) is 23. The van der Waals surface area contributed by atoms with E-state index < -0.39 is 0 Å². The van der Waals surface area contributed by atoms with Crippen molar-refractivity contribution in [3.63, 3.8) is 0 Å². The average Bonchev–Trinajstić information content (AvgIpc) is 2.94. The first-order valence-electron chi connectivity index (χ1n) is 17.1. The van der Waals surface area contributed by atoms with Crippen LogP contribution in [0.2, 0.25) is 0 Å². The van der Waals surface area contributed by atoms with Gasteiger partial charge in [-0.1, -0.05) is 141 Å². The summed E-state index contributed by atoms with van der Waals surface area (Å²) in [6.45, 7) is 2.88. The summed E-state index contributed by atoms with van der Waals surface area (Å²) in [6, 6.07) is 0. The molecule has 4 heteroatoms. The molecule has 4 nitrogen and oxygen atoms in total. The molecule has 0 fully saturated rings. The Hall–Kier alpha value is -1.32. The molecule has 0 aromatic carbocycles. The number of methoxy groups -OCH3 is 1. The zero-order valence-corrected chi connectivity index (χ0v) is 26.3. The number of rotatable bonds is 31. The highest BCUT2D eigenvalue weighted by atomic mass is 16.5. The number of carbonyl (C=O) groups is 2. The smallest absolute Gasteiger partial charge is 0.305 e. The van der Waals surface area contributed by atoms with Crippen molar-refractivity contribution in [3.8, 4) is 0 Å². The number of allylic oxidation sites excluding steroid dienone is 2. The van der Waals surface area contributed by atoms with E-state index in [0.717, 1.165) is 25.7 Å². The molecular formula is C35H66O4. The summed E-state index contributed by atoms with van der Waals surface area (Å²) in [7, 11) is 1.46. The summed E-state index contributed by atoms with van der Waals surface area (Å²) < 4.78 is 10.1. The topological polar surface area (TPSA) is 52.6 Å². The molecule has 0 heterocycles. The van der Waals surface area contributed by atoms with Gasteiger partial charge in [0.1, 0.15) is 0 Å². The predicted octanol–water partition coefficient (Wildman–Crippen LogP) is 11.2. The van der Waals surface area contributed by atoms with Gasteiger partial charge in [0.25, 0.3) is 0 Å². The van der Waals surface area contributed by atoms with Crippen molar-refractivity contribution in [3.05, 3.63) is 12.2 Å². The van der Waals surface area contributed by atoms with Crippen LogP contribution in [-0.2, 0) is 19.1 Å². The molecule has 0 aliphatic heterocycles. The first-order valence-corrected chi connectivity index (χ1v) is 17.1. The van der Waals surface area contributed by atoms with E-state index in [0.29, 0.717) is 19.4 Å². The summed E-state index contributed by atoms with van der Waals surface area (Å²) >= 11 is 0. The molecule has 0 saturated carbocycles. The van der Waals surface area contributed by atoms with E-state index in [2.05, 4.69) is 23.8 Å². The van der Waals surface area contributed by atoms with Crippen molar-refractivity contribution < 1.29 is 19.1 Å². The standard InChI is InChI=1S/C35H66O4/c1-3-4-5-6-7-8-9-13-17-20-23-26-29-32-35(37)39-33-30-27-24-21-18-15-12-10-11-14-16-19-22-25-28-31-34(36)38-2/h10-11H,3-9,12-33H2,1-2H3/b11-10+. The van der Waals surface area contributed by atoms with E-state index in [9.17, 15) is 9.59 Å². The molecule has 0 radical (unpaired) electrons. The molecule has 230 valence electrons. The highest BCUT2D eigenvalue weighted by molar-refractivity contribution is 5.69. The molecule has 0 aromatic heterocycles. The van der Waals surface area contributed by atoms with Gasteiger partial charge in [-0.05, 0) is 44.9 Å². The van der Waals surface area contributed by atoms with Crippen molar-refractivity contribution in [2.24, 2.45) is 0 Å². The van der Waals surface area contributed by atoms with Crippen LogP contribution < -0.4 is 0 Å². The van der Waals surface area contributed by atoms with Gasteiger partial charge in [0.15, 0.2) is 0 Å². The third kappa shape index (κ3) is 32.8. The minimum atomic E-state index is -0.0889. The molecule has 0 spiro atoms. The van der Waals surface area contributed by atoms with E-state index in [-0.39, 0.29) is 11.9 Å². The maximum atomic E-state index is 11.9. The monoisotopic (exact) mass is 550 g/mol. The van der Waals surface area contributed by atoms with E-state index in [1.807, 2.05) is 0 Å². The van der Waals surface area contributed by atoms with Crippen LogP contribution in [0, 0.1) is 0 Å². The van der Waals surface area contributed by atoms with Crippen molar-refractivity contribution in [2.45, 2.75) is 187 Å². The first-order chi connectivity index (χ1) is 19.2. The van der Waals surface area contributed by atoms with Crippen molar-refractivity contribution in [2.75, 3.05) is 13.7 Å². The fourth-order valence-electron chi connectivity index (χ4n) is 5.02. The summed E-state index contributed by atoms with van der Waals surface area (Å²) in [4.78, 5) is 22.9. The lowest BCUT2D eigenvalue weighted by molar-refractivity contribution is -0.144. The zero-order chi connectivity index (χ0) is 28.5. The normalized spacial score (nSPS) is 11.3. The molecule has 0 saturated heterocycles. The summed E-state index contributed by atoms with van der Waals surface area (Å²) in [5, 5.41) is 0. The van der Waals surface area contributed by atoms with Gasteiger partial charge < -0.3 is 9.47 Å². The Balaban J connectivity index is 3.21. The van der Waals surface area contributed by atoms with E-state index in [4.69, 9.17) is 4.74 Å². The quantitative estimate of drug-likeness (QED) is 0.0489. The van der Waals surface area contributed by atoms with Gasteiger partial charge in [-0.2, -0.15) is 0 Å². The molecule has 0 unspecified atom stereocenters. The second-order valence-corrected chi connectivity index (χ2v) is 11.5. The van der Waals surface area contributed by atoms with Crippen LogP contribution in [0.15, 0.2) is 12.2 Å². The maximum Gasteiger partial charge on any atom is 0.305 e. The van der Waals surface area contributed by atoms with E-state index >= 15 is 0 Å². The van der Waals surface area contributed by atoms with E-state index in [1.54, 1.807) is 0 Å². The highest BCUT2D eigenvalue weighted by Crippen LogP contribution is 2.14. The van der Waals surface area contributed by atoms with Gasteiger partial charge in [0.05, 0.1) is 13.7 Å². The Morgan fingerprint density at radius 3 is 1.26 bits per heavy atom. The molecule has 0 aliphatic carbocycles. The highest BCUT2D eigenvalue weighted by Gasteiger charge is 2.03. The molecule has 0 amide bonds. The summed E-state index contributed by atoms with van der Waals surface area (Å²) in [6.07, 6.45) is 38.6. The van der Waals surface area contributed by atoms with Crippen LogP contribution in [0.4, 0.5) is 0 Å². The van der Waals surface area contributed by atoms with Crippen molar-refractivity contribution in [1.29, 1.82) is 0 Å². The van der Waals surface area contributed by atoms with Gasteiger partial charge in [-0.15, -0.1) is 0 Å². The molecule has 39 heavy (non-hydrogen) atoms. The third-order valence-electron chi connectivity index (χ3n) is 7.66. The Bertz CT molecular complexity index is 543. The van der Waals surface area contributed by atoms with Crippen molar-refractivity contribution in [1.82, 2.24) is 0 Å². The number of carbonyl (C=O) groups excluding carboxylic acids is 2. The minimum Gasteiger partial charge on any atom is -0.469 e. The maximum absolute atomic E-state index is 11.9. The van der Waals surface area contributed by atoms with Crippen LogP contribution in [0.3, 0.4) is 0 Å². The molecule has 0 aliphatic rings. The third-order valence-corrected chi connectivity index (χ3v) is 7.66. The first kappa shape index (κ1) is 37.7. The Morgan fingerprint density at radius 2 is 0.821 bits per heavy atom. The van der Waals surface area contributed by atoms with Crippen molar-refractivity contribution >= 4 is 11.9 Å². The molecule has 0 atom stereocenters. The van der Waals surface area contributed by atoms with Crippen LogP contribution >= 0.6 is 0 Å². The van der Waals surface area contributed by atoms with Gasteiger partial charge in [-0.25, -0.2) is 0 Å². The lowest BCUT2D eigenvalue weighted by atomic mass is 10.0. The predicted molar refractivity (Wildman–Crippen MR) is 167 cm³/mol. The van der Waals surface area contributed by atoms with Crippen LogP contribution in [-0.4, -0.2) is 25.7 Å². The number of hydrogen-bond acceptors (Lipinski definition) is 4. The minimum absolute atomic E-state index is 0.00317. The molecule has 0 N–H and O–H groups in total. The average molecular weight is 551 g/mol. The Labute approximate surface area is 243 Å². The lowest BCUT2D eigenvalue weighted by Gasteiger charge is -2.05. The molecular weight excluding hydrogens is 484 g/mol. The Kier molecular flexibility index (Phi) is 31.8.